The molecule has 0 aliphatic carbocycles. The van der Waals surface area contributed by atoms with Crippen molar-refractivity contribution in [1.29, 1.82) is 0 Å². The van der Waals surface area contributed by atoms with Gasteiger partial charge >= 0.3 is 6.18 Å². The SMILES string of the molecule is NCc1ccc(Sc2ccccc2Br)c(C(F)(F)F)c1. The highest BCUT2D eigenvalue weighted by Gasteiger charge is 2.34. The van der Waals surface area contributed by atoms with Crippen molar-refractivity contribution in [2.45, 2.75) is 22.5 Å². The lowest BCUT2D eigenvalue weighted by Crippen LogP contribution is -2.09. The van der Waals surface area contributed by atoms with E-state index < -0.39 is 11.7 Å². The molecule has 6 heteroatoms. The van der Waals surface area contributed by atoms with Gasteiger partial charge in [0.2, 0.25) is 0 Å². The van der Waals surface area contributed by atoms with Crippen molar-refractivity contribution in [3.63, 3.8) is 0 Å². The Morgan fingerprint density at radius 3 is 2.35 bits per heavy atom. The molecule has 2 aromatic carbocycles. The molecule has 0 aromatic heterocycles. The highest BCUT2D eigenvalue weighted by molar-refractivity contribution is 9.10. The van der Waals surface area contributed by atoms with Crippen LogP contribution in [0, 0.1) is 0 Å². The van der Waals surface area contributed by atoms with Crippen LogP contribution in [0.1, 0.15) is 11.1 Å². The summed E-state index contributed by atoms with van der Waals surface area (Å²) in [5.74, 6) is 0. The van der Waals surface area contributed by atoms with Crippen LogP contribution in [0.3, 0.4) is 0 Å². The zero-order valence-electron chi connectivity index (χ0n) is 10.2. The molecule has 0 atom stereocenters. The Balaban J connectivity index is 2.44. The minimum absolute atomic E-state index is 0.0864. The lowest BCUT2D eigenvalue weighted by molar-refractivity contribution is -0.139. The van der Waals surface area contributed by atoms with Gasteiger partial charge in [0.1, 0.15) is 0 Å². The number of rotatable bonds is 3. The summed E-state index contributed by atoms with van der Waals surface area (Å²) in [6.07, 6.45) is -4.39. The van der Waals surface area contributed by atoms with Gasteiger partial charge in [-0.15, -0.1) is 0 Å². The molecule has 0 fully saturated rings. The maximum atomic E-state index is 13.1. The Morgan fingerprint density at radius 2 is 1.75 bits per heavy atom. The van der Waals surface area contributed by atoms with Crippen LogP contribution in [0.4, 0.5) is 13.2 Å². The summed E-state index contributed by atoms with van der Waals surface area (Å²) in [6, 6.07) is 11.4. The van der Waals surface area contributed by atoms with Crippen LogP contribution in [0.25, 0.3) is 0 Å². The third-order valence-corrected chi connectivity index (χ3v) is 4.75. The number of nitrogens with two attached hydrogens (primary N) is 1. The lowest BCUT2D eigenvalue weighted by atomic mass is 10.1. The number of alkyl halides is 3. The summed E-state index contributed by atoms with van der Waals surface area (Å²) in [5, 5.41) is 0. The molecule has 0 aliphatic rings. The van der Waals surface area contributed by atoms with Crippen molar-refractivity contribution in [3.05, 3.63) is 58.1 Å². The highest BCUT2D eigenvalue weighted by atomic mass is 79.9. The zero-order valence-corrected chi connectivity index (χ0v) is 12.6. The fourth-order valence-corrected chi connectivity index (χ4v) is 3.16. The van der Waals surface area contributed by atoms with Crippen molar-refractivity contribution in [3.8, 4) is 0 Å². The van der Waals surface area contributed by atoms with E-state index in [0.717, 1.165) is 27.2 Å². The first-order valence-electron chi connectivity index (χ1n) is 5.74. The van der Waals surface area contributed by atoms with Gasteiger partial charge in [0, 0.05) is 20.8 Å². The van der Waals surface area contributed by atoms with Crippen LogP contribution in [0.15, 0.2) is 56.7 Å². The van der Waals surface area contributed by atoms with E-state index in [0.29, 0.717) is 5.56 Å². The molecule has 20 heavy (non-hydrogen) atoms. The van der Waals surface area contributed by atoms with E-state index in [-0.39, 0.29) is 11.4 Å². The molecule has 0 saturated heterocycles. The van der Waals surface area contributed by atoms with Crippen LogP contribution in [0.5, 0.6) is 0 Å². The molecule has 0 saturated carbocycles. The summed E-state index contributed by atoms with van der Waals surface area (Å²) in [6.45, 7) is 0.0864. The van der Waals surface area contributed by atoms with Crippen LogP contribution in [0.2, 0.25) is 0 Å². The Morgan fingerprint density at radius 1 is 1.05 bits per heavy atom. The molecule has 2 N–H and O–H groups in total. The smallest absolute Gasteiger partial charge is 0.326 e. The largest absolute Gasteiger partial charge is 0.417 e. The van der Waals surface area contributed by atoms with Crippen LogP contribution >= 0.6 is 27.7 Å². The third-order valence-electron chi connectivity index (χ3n) is 2.64. The first kappa shape index (κ1) is 15.4. The molecule has 0 bridgehead atoms. The topological polar surface area (TPSA) is 26.0 Å². The average Bonchev–Trinajstić information content (AvgIpc) is 2.40. The van der Waals surface area contributed by atoms with Crippen molar-refractivity contribution >= 4 is 27.7 Å². The number of hydrogen-bond acceptors (Lipinski definition) is 2. The van der Waals surface area contributed by atoms with Gasteiger partial charge in [-0.3, -0.25) is 0 Å². The molecule has 106 valence electrons. The van der Waals surface area contributed by atoms with Gasteiger partial charge in [-0.2, -0.15) is 13.2 Å². The average molecular weight is 362 g/mol. The van der Waals surface area contributed by atoms with E-state index in [1.165, 1.54) is 6.07 Å². The summed E-state index contributed by atoms with van der Waals surface area (Å²) < 4.78 is 40.1. The second-order valence-electron chi connectivity index (χ2n) is 4.06. The summed E-state index contributed by atoms with van der Waals surface area (Å²) >= 11 is 4.41. The minimum atomic E-state index is -4.39. The van der Waals surface area contributed by atoms with Gasteiger partial charge < -0.3 is 5.73 Å². The molecular weight excluding hydrogens is 351 g/mol. The number of halogens is 4. The molecule has 0 heterocycles. The van der Waals surface area contributed by atoms with Crippen molar-refractivity contribution in [2.75, 3.05) is 0 Å². The van der Waals surface area contributed by atoms with E-state index >= 15 is 0 Å². The second kappa shape index (κ2) is 6.20. The summed E-state index contributed by atoms with van der Waals surface area (Å²) in [4.78, 5) is 0.903. The van der Waals surface area contributed by atoms with Gasteiger partial charge in [-0.1, -0.05) is 30.0 Å². The minimum Gasteiger partial charge on any atom is -0.326 e. The molecule has 0 unspecified atom stereocenters. The molecule has 2 aromatic rings. The number of hydrogen-bond donors (Lipinski definition) is 1. The van der Waals surface area contributed by atoms with E-state index in [1.807, 2.05) is 6.07 Å². The Hall–Kier alpha value is -0.980. The van der Waals surface area contributed by atoms with Crippen LogP contribution in [-0.2, 0) is 12.7 Å². The van der Waals surface area contributed by atoms with Gasteiger partial charge in [-0.25, -0.2) is 0 Å². The number of benzene rings is 2. The van der Waals surface area contributed by atoms with Crippen molar-refractivity contribution in [1.82, 2.24) is 0 Å². The summed E-state index contributed by atoms with van der Waals surface area (Å²) in [7, 11) is 0. The first-order valence-corrected chi connectivity index (χ1v) is 7.35. The predicted molar refractivity (Wildman–Crippen MR) is 77.6 cm³/mol. The van der Waals surface area contributed by atoms with E-state index in [2.05, 4.69) is 15.9 Å². The van der Waals surface area contributed by atoms with Gasteiger partial charge in [-0.05, 0) is 45.8 Å². The molecule has 1 nitrogen and oxygen atoms in total. The van der Waals surface area contributed by atoms with Crippen molar-refractivity contribution in [2.24, 2.45) is 5.73 Å². The molecule has 0 aliphatic heterocycles. The normalized spacial score (nSPS) is 11.7. The van der Waals surface area contributed by atoms with Gasteiger partial charge in [0.05, 0.1) is 5.56 Å². The zero-order chi connectivity index (χ0) is 14.8. The third kappa shape index (κ3) is 3.56. The second-order valence-corrected chi connectivity index (χ2v) is 6.00. The molecule has 0 spiro atoms. The quantitative estimate of drug-likeness (QED) is 0.824. The fraction of sp³-hybridized carbons (Fsp3) is 0.143. The lowest BCUT2D eigenvalue weighted by Gasteiger charge is -2.14. The molecule has 2 rings (SSSR count). The fourth-order valence-electron chi connectivity index (χ4n) is 1.66. The Labute approximate surface area is 127 Å². The van der Waals surface area contributed by atoms with Crippen molar-refractivity contribution < 1.29 is 13.2 Å². The van der Waals surface area contributed by atoms with E-state index in [1.54, 1.807) is 24.3 Å². The van der Waals surface area contributed by atoms with E-state index in [9.17, 15) is 13.2 Å². The Kier molecular flexibility index (Phi) is 4.78. The Bertz CT molecular complexity index is 614. The standard InChI is InChI=1S/C14H11BrF3NS/c15-11-3-1-2-4-13(11)20-12-6-5-9(8-19)7-10(12)14(16,17)18/h1-7H,8,19H2. The summed E-state index contributed by atoms with van der Waals surface area (Å²) in [5.41, 5.74) is 5.22. The maximum Gasteiger partial charge on any atom is 0.417 e. The van der Waals surface area contributed by atoms with Gasteiger partial charge in [0.25, 0.3) is 0 Å². The van der Waals surface area contributed by atoms with E-state index in [4.69, 9.17) is 5.73 Å². The molecule has 0 amide bonds. The highest BCUT2D eigenvalue weighted by Crippen LogP contribution is 2.41. The monoisotopic (exact) mass is 361 g/mol. The van der Waals surface area contributed by atoms with Gasteiger partial charge in [0.15, 0.2) is 0 Å². The van der Waals surface area contributed by atoms with Crippen LogP contribution in [-0.4, -0.2) is 0 Å². The predicted octanol–water partition coefficient (Wildman–Crippen LogP) is 5.08. The first-order chi connectivity index (χ1) is 9.41. The molecule has 0 radical (unpaired) electrons. The van der Waals surface area contributed by atoms with Crippen LogP contribution < -0.4 is 5.73 Å². The maximum absolute atomic E-state index is 13.1. The molecular formula is C14H11BrF3NS.